The molecule has 0 fully saturated rings. The number of fused-ring (bicyclic) bond motifs is 1. The lowest BCUT2D eigenvalue weighted by atomic mass is 10.1. The Morgan fingerprint density at radius 1 is 1.28 bits per heavy atom. The number of hydrogen-bond donors (Lipinski definition) is 0. The fraction of sp³-hybridized carbons (Fsp3) is 0.316. The molecule has 3 rings (SSSR count). The monoisotopic (exact) mass is 340 g/mol. The maximum Gasteiger partial charge on any atom is 0.309 e. The van der Waals surface area contributed by atoms with Gasteiger partial charge < -0.3 is 14.4 Å². The second-order valence-electron chi connectivity index (χ2n) is 5.81. The summed E-state index contributed by atoms with van der Waals surface area (Å²) in [6, 6.07) is 11.3. The number of carbonyl (C=O) groups excluding carboxylic acids is 2. The molecule has 2 heterocycles. The highest BCUT2D eigenvalue weighted by atomic mass is 16.5. The van der Waals surface area contributed by atoms with Crippen LogP contribution in [-0.4, -0.2) is 36.6 Å². The normalized spacial score (nSPS) is 16.1. The summed E-state index contributed by atoms with van der Waals surface area (Å²) in [5.74, 6) is -0.0688. The number of benzene rings is 1. The molecule has 2 aromatic rings. The highest BCUT2D eigenvalue weighted by Crippen LogP contribution is 2.34. The van der Waals surface area contributed by atoms with Crippen molar-refractivity contribution in [2.75, 3.05) is 18.6 Å². The molecule has 0 radical (unpaired) electrons. The van der Waals surface area contributed by atoms with Gasteiger partial charge in [0.1, 0.15) is 5.75 Å². The number of rotatable bonds is 6. The van der Waals surface area contributed by atoms with Crippen LogP contribution in [0.1, 0.15) is 18.4 Å². The molecule has 130 valence electrons. The number of nitrogens with zero attached hydrogens (tertiary/aromatic N) is 2. The number of amides is 1. The first-order valence-corrected chi connectivity index (χ1v) is 8.22. The molecule has 0 N–H and O–H groups in total. The summed E-state index contributed by atoms with van der Waals surface area (Å²) < 4.78 is 10.4. The number of anilines is 1. The number of methoxy groups -OCH3 is 1. The van der Waals surface area contributed by atoms with E-state index in [0.717, 1.165) is 24.1 Å². The van der Waals surface area contributed by atoms with E-state index in [1.165, 1.54) is 7.11 Å². The van der Waals surface area contributed by atoms with Gasteiger partial charge in [0.25, 0.3) is 5.91 Å². The molecule has 0 saturated heterocycles. The van der Waals surface area contributed by atoms with Crippen molar-refractivity contribution in [3.63, 3.8) is 0 Å². The molecule has 0 saturated carbocycles. The summed E-state index contributed by atoms with van der Waals surface area (Å²) >= 11 is 0. The minimum absolute atomic E-state index is 0.0945. The number of pyridine rings is 1. The second-order valence-corrected chi connectivity index (χ2v) is 5.81. The summed E-state index contributed by atoms with van der Waals surface area (Å²) in [6.07, 6.45) is 4.24. The van der Waals surface area contributed by atoms with Gasteiger partial charge in [0.15, 0.2) is 6.10 Å². The lowest BCUT2D eigenvalue weighted by Gasteiger charge is -2.34. The summed E-state index contributed by atoms with van der Waals surface area (Å²) in [7, 11) is 1.30. The number of hydrogen-bond acceptors (Lipinski definition) is 5. The van der Waals surface area contributed by atoms with E-state index < -0.39 is 12.1 Å². The molecule has 0 unspecified atom stereocenters. The fourth-order valence-electron chi connectivity index (χ4n) is 2.86. The zero-order valence-corrected chi connectivity index (χ0v) is 14.1. The van der Waals surface area contributed by atoms with E-state index in [1.807, 2.05) is 36.5 Å². The lowest BCUT2D eigenvalue weighted by molar-refractivity contribution is -0.145. The summed E-state index contributed by atoms with van der Waals surface area (Å²) in [5.41, 5.74) is 1.86. The Hall–Kier alpha value is -2.89. The van der Waals surface area contributed by atoms with Crippen molar-refractivity contribution in [2.24, 2.45) is 0 Å². The number of ether oxygens (including phenoxy) is 2. The number of para-hydroxylation sites is 2. The van der Waals surface area contributed by atoms with Crippen LogP contribution in [0.3, 0.4) is 0 Å². The predicted octanol–water partition coefficient (Wildman–Crippen LogP) is 2.37. The molecule has 6 heteroatoms. The highest BCUT2D eigenvalue weighted by molar-refractivity contribution is 6.01. The molecule has 1 aromatic heterocycles. The van der Waals surface area contributed by atoms with Crippen molar-refractivity contribution < 1.29 is 19.1 Å². The first-order chi connectivity index (χ1) is 12.2. The van der Waals surface area contributed by atoms with Crippen LogP contribution in [0.4, 0.5) is 5.69 Å². The van der Waals surface area contributed by atoms with Crippen molar-refractivity contribution in [2.45, 2.75) is 25.4 Å². The summed E-state index contributed by atoms with van der Waals surface area (Å²) in [5, 5.41) is 0. The van der Waals surface area contributed by atoms with Crippen molar-refractivity contribution in [1.82, 2.24) is 4.98 Å². The van der Waals surface area contributed by atoms with E-state index in [2.05, 4.69) is 9.72 Å². The Bertz CT molecular complexity index is 748. The van der Waals surface area contributed by atoms with E-state index >= 15 is 0 Å². The van der Waals surface area contributed by atoms with Crippen LogP contribution in [0.15, 0.2) is 48.8 Å². The largest absolute Gasteiger partial charge is 0.478 e. The van der Waals surface area contributed by atoms with Gasteiger partial charge in [-0.1, -0.05) is 18.2 Å². The summed E-state index contributed by atoms with van der Waals surface area (Å²) in [4.78, 5) is 30.1. The Balaban J connectivity index is 1.73. The molecule has 0 aliphatic carbocycles. The average molecular weight is 340 g/mol. The Labute approximate surface area is 146 Å². The zero-order valence-electron chi connectivity index (χ0n) is 14.1. The molecule has 1 aliphatic rings. The van der Waals surface area contributed by atoms with Crippen LogP contribution >= 0.6 is 0 Å². The maximum absolute atomic E-state index is 12.8. The van der Waals surface area contributed by atoms with Gasteiger partial charge in [-0.2, -0.15) is 0 Å². The van der Waals surface area contributed by atoms with Gasteiger partial charge in [0.2, 0.25) is 0 Å². The van der Waals surface area contributed by atoms with Crippen molar-refractivity contribution >= 4 is 17.6 Å². The molecule has 1 atom stereocenters. The Morgan fingerprint density at radius 2 is 2.12 bits per heavy atom. The minimum Gasteiger partial charge on any atom is -0.478 e. The van der Waals surface area contributed by atoms with E-state index in [4.69, 9.17) is 4.74 Å². The SMILES string of the molecule is COC(=O)C[C@@H]1Oc2ccccc2N(CCCc2cccnc2)C1=O. The highest BCUT2D eigenvalue weighted by Gasteiger charge is 2.35. The van der Waals surface area contributed by atoms with Crippen LogP contribution < -0.4 is 9.64 Å². The first-order valence-electron chi connectivity index (χ1n) is 8.22. The average Bonchev–Trinajstić information content (AvgIpc) is 2.65. The van der Waals surface area contributed by atoms with Gasteiger partial charge in [-0.15, -0.1) is 0 Å². The van der Waals surface area contributed by atoms with Crippen LogP contribution in [0, 0.1) is 0 Å². The van der Waals surface area contributed by atoms with Crippen molar-refractivity contribution in [3.8, 4) is 5.75 Å². The number of aromatic nitrogens is 1. The van der Waals surface area contributed by atoms with E-state index in [9.17, 15) is 9.59 Å². The maximum atomic E-state index is 12.8. The third-order valence-electron chi connectivity index (χ3n) is 4.12. The van der Waals surface area contributed by atoms with Crippen LogP contribution in [-0.2, 0) is 20.7 Å². The minimum atomic E-state index is -0.847. The molecule has 0 bridgehead atoms. The third-order valence-corrected chi connectivity index (χ3v) is 4.12. The van der Waals surface area contributed by atoms with E-state index in [0.29, 0.717) is 12.3 Å². The second kappa shape index (κ2) is 7.79. The van der Waals surface area contributed by atoms with Gasteiger partial charge in [0, 0.05) is 18.9 Å². The van der Waals surface area contributed by atoms with Crippen LogP contribution in [0.2, 0.25) is 0 Å². The molecule has 1 amide bonds. The van der Waals surface area contributed by atoms with Crippen molar-refractivity contribution in [3.05, 3.63) is 54.4 Å². The Kier molecular flexibility index (Phi) is 5.28. The van der Waals surface area contributed by atoms with Gasteiger partial charge in [0.05, 0.1) is 19.2 Å². The first kappa shape index (κ1) is 17.0. The number of esters is 1. The predicted molar refractivity (Wildman–Crippen MR) is 92.4 cm³/mol. The fourth-order valence-corrected chi connectivity index (χ4v) is 2.86. The number of carbonyl (C=O) groups is 2. The molecule has 25 heavy (non-hydrogen) atoms. The number of aryl methyl sites for hydroxylation is 1. The molecular weight excluding hydrogens is 320 g/mol. The van der Waals surface area contributed by atoms with Gasteiger partial charge in [-0.3, -0.25) is 14.6 Å². The standard InChI is InChI=1S/C19H20N2O4/c1-24-18(22)12-17-19(23)21(15-8-2-3-9-16(15)25-17)11-5-7-14-6-4-10-20-13-14/h2-4,6,8-10,13,17H,5,7,11-12H2,1H3/t17-/m0/s1. The van der Waals surface area contributed by atoms with Gasteiger partial charge >= 0.3 is 5.97 Å². The molecular formula is C19H20N2O4. The zero-order chi connectivity index (χ0) is 17.6. The molecule has 0 spiro atoms. The smallest absolute Gasteiger partial charge is 0.309 e. The van der Waals surface area contributed by atoms with Crippen molar-refractivity contribution in [1.29, 1.82) is 0 Å². The van der Waals surface area contributed by atoms with E-state index in [1.54, 1.807) is 17.2 Å². The molecule has 6 nitrogen and oxygen atoms in total. The van der Waals surface area contributed by atoms with E-state index in [-0.39, 0.29) is 12.3 Å². The Morgan fingerprint density at radius 3 is 2.88 bits per heavy atom. The third kappa shape index (κ3) is 3.96. The van der Waals surface area contributed by atoms with Gasteiger partial charge in [-0.05, 0) is 36.6 Å². The topological polar surface area (TPSA) is 68.7 Å². The summed E-state index contributed by atoms with van der Waals surface area (Å²) in [6.45, 7) is 0.547. The van der Waals surface area contributed by atoms with Gasteiger partial charge in [-0.25, -0.2) is 0 Å². The van der Waals surface area contributed by atoms with Crippen LogP contribution in [0.5, 0.6) is 5.75 Å². The molecule has 1 aromatic carbocycles. The quantitative estimate of drug-likeness (QED) is 0.755. The van der Waals surface area contributed by atoms with Crippen LogP contribution in [0.25, 0.3) is 0 Å². The molecule has 1 aliphatic heterocycles. The lowest BCUT2D eigenvalue weighted by Crippen LogP contribution is -2.47.